The molecule has 0 amide bonds. The van der Waals surface area contributed by atoms with Crippen molar-refractivity contribution in [2.75, 3.05) is 12.3 Å². The lowest BCUT2D eigenvalue weighted by atomic mass is 10.0. The van der Waals surface area contributed by atoms with Crippen molar-refractivity contribution in [1.82, 2.24) is 19.5 Å². The number of nitrogens with zero attached hydrogens (tertiary/aromatic N) is 4. The number of fused-ring (bicyclic) bond motifs is 1. The molecule has 3 rings (SSSR count). The molecular formula is C11H13I2N5O4. The van der Waals surface area contributed by atoms with E-state index in [1.54, 1.807) is 27.6 Å². The highest BCUT2D eigenvalue weighted by Crippen LogP contribution is 2.46. The Balaban J connectivity index is 2.13. The molecule has 0 aromatic carbocycles. The molecule has 1 aliphatic heterocycles. The van der Waals surface area contributed by atoms with Gasteiger partial charge >= 0.3 is 0 Å². The number of imidazole rings is 1. The zero-order chi connectivity index (χ0) is 16.1. The largest absolute Gasteiger partial charge is 0.406 e. The number of rotatable bonds is 3. The Labute approximate surface area is 153 Å². The van der Waals surface area contributed by atoms with E-state index in [4.69, 9.17) is 13.5 Å². The minimum atomic E-state index is -0.833. The molecule has 1 saturated heterocycles. The van der Waals surface area contributed by atoms with E-state index >= 15 is 0 Å². The number of nitrogen functional groups attached to an aromatic ring is 1. The van der Waals surface area contributed by atoms with Crippen LogP contribution in [0.2, 0.25) is 0 Å². The van der Waals surface area contributed by atoms with Crippen LogP contribution in [0.4, 0.5) is 5.95 Å². The van der Waals surface area contributed by atoms with Crippen molar-refractivity contribution in [2.24, 2.45) is 0 Å². The average molecular weight is 533 g/mol. The molecular weight excluding hydrogens is 520 g/mol. The van der Waals surface area contributed by atoms with Gasteiger partial charge in [-0.25, -0.2) is 4.98 Å². The summed E-state index contributed by atoms with van der Waals surface area (Å²) >= 11 is 3.81. The fraction of sp³-hybridized carbons (Fsp3) is 0.545. The highest BCUT2D eigenvalue weighted by molar-refractivity contribution is 14.1. The van der Waals surface area contributed by atoms with Crippen LogP contribution < -0.4 is 8.80 Å². The molecule has 11 heteroatoms. The summed E-state index contributed by atoms with van der Waals surface area (Å²) < 4.78 is 11.9. The number of aromatic nitrogens is 4. The summed E-state index contributed by atoms with van der Waals surface area (Å²) in [6.45, 7) is 1.56. The summed E-state index contributed by atoms with van der Waals surface area (Å²) in [5.41, 5.74) is 6.58. The molecule has 1 aliphatic rings. The first-order valence-corrected chi connectivity index (χ1v) is 8.28. The smallest absolute Gasteiger partial charge is 0.257 e. The summed E-state index contributed by atoms with van der Waals surface area (Å²) in [6, 6.07) is 0. The summed E-state index contributed by atoms with van der Waals surface area (Å²) in [7, 11) is 0. The van der Waals surface area contributed by atoms with Crippen LogP contribution in [0.1, 0.15) is 13.2 Å². The molecule has 120 valence electrons. The van der Waals surface area contributed by atoms with Gasteiger partial charge in [-0.3, -0.25) is 4.57 Å². The third kappa shape index (κ3) is 2.42. The highest BCUT2D eigenvalue weighted by atomic mass is 127. The van der Waals surface area contributed by atoms with Gasteiger partial charge in [-0.05, 0) is 6.92 Å². The van der Waals surface area contributed by atoms with Gasteiger partial charge in [-0.2, -0.15) is 9.97 Å². The van der Waals surface area contributed by atoms with Gasteiger partial charge in [0.05, 0.1) is 16.4 Å². The molecule has 1 fully saturated rings. The predicted molar refractivity (Wildman–Crippen MR) is 93.8 cm³/mol. The second-order valence-electron chi connectivity index (χ2n) is 5.09. The minimum Gasteiger partial charge on any atom is -0.406 e. The fourth-order valence-corrected chi connectivity index (χ4v) is 3.65. The van der Waals surface area contributed by atoms with Gasteiger partial charge in [0.15, 0.2) is 40.4 Å². The van der Waals surface area contributed by atoms with E-state index in [-0.39, 0.29) is 18.4 Å². The Hall–Kier alpha value is -0.510. The number of anilines is 1. The van der Waals surface area contributed by atoms with E-state index in [0.717, 1.165) is 0 Å². The maximum absolute atomic E-state index is 10.3. The topological polar surface area (TPSA) is 129 Å². The molecule has 0 unspecified atom stereocenters. The number of alkyl halides is 1. The van der Waals surface area contributed by atoms with Crippen molar-refractivity contribution < 1.29 is 18.0 Å². The summed E-state index contributed by atoms with van der Waals surface area (Å²) in [6.07, 6.45) is -0.545. The predicted octanol–water partition coefficient (Wildman–Crippen LogP) is 0.582. The van der Waals surface area contributed by atoms with E-state index in [1.807, 2.05) is 6.92 Å². The number of hydrogen-bond donors (Lipinski definition) is 3. The molecule has 2 aromatic rings. The number of aliphatic hydroxyl groups excluding tert-OH is 2. The maximum atomic E-state index is 10.3. The first-order chi connectivity index (χ1) is 10.4. The Morgan fingerprint density at radius 1 is 1.55 bits per heavy atom. The molecule has 4 N–H and O–H groups in total. The number of halogens is 2. The fourth-order valence-electron chi connectivity index (χ4n) is 2.50. The Morgan fingerprint density at radius 3 is 2.86 bits per heavy atom. The van der Waals surface area contributed by atoms with Crippen molar-refractivity contribution in [3.63, 3.8) is 0 Å². The Kier molecular flexibility index (Phi) is 4.34. The number of ether oxygens (including phenoxy) is 1. The first-order valence-electron chi connectivity index (χ1n) is 6.32. The normalized spacial score (nSPS) is 31.8. The quantitative estimate of drug-likeness (QED) is 0.387. The van der Waals surface area contributed by atoms with Crippen LogP contribution in [0.5, 0.6) is 5.88 Å². The molecule has 0 saturated carbocycles. The first kappa shape index (κ1) is 16.4. The SMILES string of the molecule is C[C@@]1(I)[C@H](O)[C@@H](CO)O[C@H]1n1cnc2c(OI)nc(N)nc21. The van der Waals surface area contributed by atoms with E-state index in [9.17, 15) is 10.2 Å². The van der Waals surface area contributed by atoms with Crippen LogP contribution in [0.25, 0.3) is 11.2 Å². The zero-order valence-electron chi connectivity index (χ0n) is 11.3. The molecule has 0 spiro atoms. The molecule has 9 nitrogen and oxygen atoms in total. The number of hydrogen-bond acceptors (Lipinski definition) is 8. The standard InChI is InChI=1S/C11H13I2N5O4/c1-11(12)6(20)4(2-19)21-9(11)18-3-15-5-7(18)16-10(14)17-8(5)22-13/h3-4,6,9,19-20H,2H2,1H3,(H2,14,16,17)/t4-,6-,9-,11-/m1/s1. The van der Waals surface area contributed by atoms with Crippen molar-refractivity contribution in [1.29, 1.82) is 0 Å². The van der Waals surface area contributed by atoms with E-state index in [0.29, 0.717) is 11.2 Å². The van der Waals surface area contributed by atoms with Crippen LogP contribution in [-0.4, -0.2) is 52.0 Å². The second kappa shape index (κ2) is 5.85. The maximum Gasteiger partial charge on any atom is 0.257 e. The van der Waals surface area contributed by atoms with Gasteiger partial charge in [0, 0.05) is 0 Å². The zero-order valence-corrected chi connectivity index (χ0v) is 15.7. The number of aliphatic hydroxyl groups is 2. The molecule has 22 heavy (non-hydrogen) atoms. The number of nitrogens with two attached hydrogens (primary N) is 1. The van der Waals surface area contributed by atoms with E-state index in [2.05, 4.69) is 37.5 Å². The lowest BCUT2D eigenvalue weighted by Crippen LogP contribution is -2.38. The van der Waals surface area contributed by atoms with E-state index < -0.39 is 21.9 Å². The highest BCUT2D eigenvalue weighted by Gasteiger charge is 2.52. The van der Waals surface area contributed by atoms with Gasteiger partial charge in [0.25, 0.3) is 5.88 Å². The lowest BCUT2D eigenvalue weighted by Gasteiger charge is -2.26. The van der Waals surface area contributed by atoms with Crippen molar-refractivity contribution in [3.05, 3.63) is 6.33 Å². The van der Waals surface area contributed by atoms with Gasteiger partial charge in [-0.15, -0.1) is 0 Å². The van der Waals surface area contributed by atoms with Gasteiger partial charge in [-0.1, -0.05) is 22.6 Å². The molecule has 0 radical (unpaired) electrons. The van der Waals surface area contributed by atoms with Crippen LogP contribution >= 0.6 is 45.6 Å². The molecule has 0 aliphatic carbocycles. The third-order valence-electron chi connectivity index (χ3n) is 3.63. The monoisotopic (exact) mass is 533 g/mol. The summed E-state index contributed by atoms with van der Waals surface area (Å²) in [5.74, 6) is 0.308. The van der Waals surface area contributed by atoms with Crippen LogP contribution in [0, 0.1) is 0 Å². The summed E-state index contributed by atoms with van der Waals surface area (Å²) in [4.78, 5) is 12.4. The van der Waals surface area contributed by atoms with Gasteiger partial charge in [0.1, 0.15) is 12.2 Å². The average Bonchev–Trinajstić information content (AvgIpc) is 2.98. The van der Waals surface area contributed by atoms with Crippen LogP contribution in [-0.2, 0) is 4.74 Å². The van der Waals surface area contributed by atoms with Gasteiger partial charge < -0.3 is 23.7 Å². The van der Waals surface area contributed by atoms with E-state index in [1.165, 1.54) is 6.33 Å². The molecule has 4 atom stereocenters. The Morgan fingerprint density at radius 2 is 2.27 bits per heavy atom. The van der Waals surface area contributed by atoms with Crippen LogP contribution in [0.3, 0.4) is 0 Å². The molecule has 3 heterocycles. The Bertz CT molecular complexity index is 709. The lowest BCUT2D eigenvalue weighted by molar-refractivity contribution is -0.0437. The second-order valence-corrected chi connectivity index (χ2v) is 7.86. The third-order valence-corrected chi connectivity index (χ3v) is 5.22. The van der Waals surface area contributed by atoms with Crippen LogP contribution in [0.15, 0.2) is 6.33 Å². The van der Waals surface area contributed by atoms with Crippen molar-refractivity contribution in [2.45, 2.75) is 28.8 Å². The van der Waals surface area contributed by atoms with Crippen molar-refractivity contribution in [3.8, 4) is 5.88 Å². The summed E-state index contributed by atoms with van der Waals surface area (Å²) in [5, 5.41) is 19.6. The van der Waals surface area contributed by atoms with Gasteiger partial charge in [0.2, 0.25) is 5.95 Å². The molecule has 0 bridgehead atoms. The van der Waals surface area contributed by atoms with Crippen molar-refractivity contribution >= 4 is 62.7 Å². The molecule has 2 aromatic heterocycles. The minimum absolute atomic E-state index is 0.0494.